The molecular weight excluding hydrogens is 267 g/mol. The number of nitrogens with zero attached hydrogens (tertiary/aromatic N) is 1. The van der Waals surface area contributed by atoms with Gasteiger partial charge in [0.2, 0.25) is 11.8 Å². The molecule has 1 fully saturated rings. The van der Waals surface area contributed by atoms with E-state index in [1.807, 2.05) is 5.32 Å². The van der Waals surface area contributed by atoms with Crippen LogP contribution in [0.2, 0.25) is 0 Å². The van der Waals surface area contributed by atoms with Crippen molar-refractivity contribution >= 4 is 29.1 Å². The van der Waals surface area contributed by atoms with Crippen molar-refractivity contribution in [3.05, 3.63) is 39.7 Å². The summed E-state index contributed by atoms with van der Waals surface area (Å²) < 4.78 is 13.7. The molecule has 0 spiro atoms. The van der Waals surface area contributed by atoms with Gasteiger partial charge in [-0.3, -0.25) is 25.0 Å². The molecule has 0 aliphatic carbocycles. The molecule has 1 aromatic carbocycles. The Hall–Kier alpha value is -2.02. The average molecular weight is 273 g/mol. The fourth-order valence-corrected chi connectivity index (χ4v) is 2.12. The fraction of sp³-hybridized carbons (Fsp3) is 0.200. The number of nitrogens with one attached hydrogen (secondary N) is 1. The molecule has 0 bridgehead atoms. The minimum Gasteiger partial charge on any atom is -0.295 e. The Kier molecular flexibility index (Phi) is 3.00. The van der Waals surface area contributed by atoms with Gasteiger partial charge in [0.05, 0.1) is 16.4 Å². The number of amides is 2. The quantitative estimate of drug-likeness (QED) is 0.377. The third-order valence-corrected chi connectivity index (χ3v) is 3.06. The lowest BCUT2D eigenvalue weighted by atomic mass is 9.95. The Morgan fingerprint density at radius 3 is 2.50 bits per heavy atom. The second-order valence-corrected chi connectivity index (χ2v) is 4.13. The zero-order chi connectivity index (χ0) is 13.4. The van der Waals surface area contributed by atoms with Crippen molar-refractivity contribution in [2.45, 2.75) is 11.3 Å². The fourth-order valence-electron chi connectivity index (χ4n) is 1.82. The number of hydrogen-bond acceptors (Lipinski definition) is 4. The highest BCUT2D eigenvalue weighted by atomic mass is 35.5. The van der Waals surface area contributed by atoms with Crippen LogP contribution in [0.4, 0.5) is 10.1 Å². The van der Waals surface area contributed by atoms with Gasteiger partial charge in [-0.05, 0) is 6.07 Å². The van der Waals surface area contributed by atoms with Crippen LogP contribution in [0.3, 0.4) is 0 Å². The van der Waals surface area contributed by atoms with Crippen LogP contribution in [-0.4, -0.2) is 22.1 Å². The number of hydrogen-bond donors (Lipinski definition) is 1. The van der Waals surface area contributed by atoms with Crippen LogP contribution >= 0.6 is 11.6 Å². The molecule has 94 valence electrons. The minimum absolute atomic E-state index is 0.467. The normalized spacial score (nSPS) is 23.0. The summed E-state index contributed by atoms with van der Waals surface area (Å²) in [6, 6.07) is 3.18. The lowest BCUT2D eigenvalue weighted by Gasteiger charge is -2.11. The van der Waals surface area contributed by atoms with Crippen LogP contribution in [0.15, 0.2) is 18.2 Å². The summed E-state index contributed by atoms with van der Waals surface area (Å²) in [4.78, 5) is 32.7. The lowest BCUT2D eigenvalue weighted by Crippen LogP contribution is -2.22. The molecule has 6 nitrogen and oxygen atoms in total. The number of rotatable bonds is 2. The number of alkyl halides is 1. The van der Waals surface area contributed by atoms with E-state index < -0.39 is 45.1 Å². The number of imide groups is 1. The summed E-state index contributed by atoms with van der Waals surface area (Å²) in [5.74, 6) is -3.96. The Labute approximate surface area is 105 Å². The summed E-state index contributed by atoms with van der Waals surface area (Å²) in [7, 11) is 0. The highest BCUT2D eigenvalue weighted by molar-refractivity contribution is 6.37. The van der Waals surface area contributed by atoms with E-state index in [1.54, 1.807) is 0 Å². The van der Waals surface area contributed by atoms with Crippen LogP contribution in [-0.2, 0) is 9.59 Å². The van der Waals surface area contributed by atoms with Crippen molar-refractivity contribution in [2.24, 2.45) is 0 Å². The van der Waals surface area contributed by atoms with E-state index in [4.69, 9.17) is 11.6 Å². The highest BCUT2D eigenvalue weighted by Crippen LogP contribution is 2.36. The first-order valence-electron chi connectivity index (χ1n) is 4.85. The predicted molar refractivity (Wildman–Crippen MR) is 58.6 cm³/mol. The molecule has 1 N–H and O–H groups in total. The molecule has 1 aliphatic heterocycles. The molecule has 2 rings (SSSR count). The standard InChI is InChI=1S/C10H6ClFN2O4/c11-8-7(9(15)13-10(8)16)6-4(12)2-1-3-5(6)14(17)18/h1-3,7-8H,(H,13,15,16). The molecular formula is C10H6ClFN2O4. The number of halogens is 2. The van der Waals surface area contributed by atoms with E-state index in [0.29, 0.717) is 0 Å². The van der Waals surface area contributed by atoms with Crippen molar-refractivity contribution in [3.8, 4) is 0 Å². The van der Waals surface area contributed by atoms with Crippen molar-refractivity contribution in [3.63, 3.8) is 0 Å². The van der Waals surface area contributed by atoms with E-state index in [1.165, 1.54) is 0 Å². The van der Waals surface area contributed by atoms with Gasteiger partial charge in [-0.2, -0.15) is 0 Å². The summed E-state index contributed by atoms with van der Waals surface area (Å²) in [5.41, 5.74) is -1.04. The second-order valence-electron chi connectivity index (χ2n) is 3.66. The Morgan fingerprint density at radius 2 is 2.00 bits per heavy atom. The molecule has 2 atom stereocenters. The number of carbonyl (C=O) groups is 2. The van der Waals surface area contributed by atoms with Gasteiger partial charge in [-0.25, -0.2) is 4.39 Å². The van der Waals surface area contributed by atoms with E-state index in [0.717, 1.165) is 18.2 Å². The maximum absolute atomic E-state index is 13.7. The first-order valence-corrected chi connectivity index (χ1v) is 5.28. The number of nitro benzene ring substituents is 1. The Balaban J connectivity index is 2.61. The number of carbonyl (C=O) groups excluding carboxylic acids is 2. The molecule has 0 saturated carbocycles. The van der Waals surface area contributed by atoms with Gasteiger partial charge in [0.15, 0.2) is 0 Å². The van der Waals surface area contributed by atoms with Crippen molar-refractivity contribution in [1.82, 2.24) is 5.32 Å². The summed E-state index contributed by atoms with van der Waals surface area (Å²) in [5, 5.41) is 11.4. The van der Waals surface area contributed by atoms with Crippen LogP contribution in [0, 0.1) is 15.9 Å². The third-order valence-electron chi connectivity index (χ3n) is 2.61. The van der Waals surface area contributed by atoms with Crippen molar-refractivity contribution in [2.75, 3.05) is 0 Å². The van der Waals surface area contributed by atoms with Gasteiger partial charge >= 0.3 is 0 Å². The first kappa shape index (κ1) is 12.4. The zero-order valence-corrected chi connectivity index (χ0v) is 9.48. The van der Waals surface area contributed by atoms with Crippen LogP contribution in [0.5, 0.6) is 0 Å². The number of benzene rings is 1. The van der Waals surface area contributed by atoms with E-state index in [2.05, 4.69) is 0 Å². The van der Waals surface area contributed by atoms with Gasteiger partial charge in [-0.1, -0.05) is 6.07 Å². The minimum atomic E-state index is -1.39. The van der Waals surface area contributed by atoms with Crippen molar-refractivity contribution < 1.29 is 18.9 Å². The summed E-state index contributed by atoms with van der Waals surface area (Å²) >= 11 is 5.68. The van der Waals surface area contributed by atoms with Gasteiger partial charge < -0.3 is 0 Å². The Bertz CT molecular complexity index is 563. The van der Waals surface area contributed by atoms with E-state index >= 15 is 0 Å². The van der Waals surface area contributed by atoms with Gasteiger partial charge in [0.1, 0.15) is 11.2 Å². The van der Waals surface area contributed by atoms with Crippen molar-refractivity contribution in [1.29, 1.82) is 0 Å². The van der Waals surface area contributed by atoms with E-state index in [-0.39, 0.29) is 0 Å². The maximum atomic E-state index is 13.7. The van der Waals surface area contributed by atoms with E-state index in [9.17, 15) is 24.1 Å². The predicted octanol–water partition coefficient (Wildman–Crippen LogP) is 1.08. The van der Waals surface area contributed by atoms with Gasteiger partial charge in [0.25, 0.3) is 5.69 Å². The SMILES string of the molecule is O=C1NC(=O)C(c2c(F)cccc2[N+](=O)[O-])C1Cl. The first-order chi connectivity index (χ1) is 8.43. The van der Waals surface area contributed by atoms with Crippen LogP contribution in [0.1, 0.15) is 11.5 Å². The van der Waals surface area contributed by atoms with Gasteiger partial charge in [0, 0.05) is 6.07 Å². The average Bonchev–Trinajstić information content (AvgIpc) is 2.54. The molecule has 18 heavy (non-hydrogen) atoms. The maximum Gasteiger partial charge on any atom is 0.276 e. The van der Waals surface area contributed by atoms with Crippen LogP contribution in [0.25, 0.3) is 0 Å². The molecule has 2 amide bonds. The number of nitro groups is 1. The smallest absolute Gasteiger partial charge is 0.276 e. The molecule has 0 aromatic heterocycles. The topological polar surface area (TPSA) is 89.3 Å². The monoisotopic (exact) mass is 272 g/mol. The Morgan fingerprint density at radius 1 is 1.33 bits per heavy atom. The lowest BCUT2D eigenvalue weighted by molar-refractivity contribution is -0.385. The second kappa shape index (κ2) is 4.34. The zero-order valence-electron chi connectivity index (χ0n) is 8.72. The largest absolute Gasteiger partial charge is 0.295 e. The molecule has 1 aromatic rings. The third kappa shape index (κ3) is 1.82. The van der Waals surface area contributed by atoms with Crippen LogP contribution < -0.4 is 5.32 Å². The molecule has 8 heteroatoms. The molecule has 0 radical (unpaired) electrons. The molecule has 1 aliphatic rings. The summed E-state index contributed by atoms with van der Waals surface area (Å²) in [6.45, 7) is 0. The summed E-state index contributed by atoms with van der Waals surface area (Å²) in [6.07, 6.45) is 0. The van der Waals surface area contributed by atoms with Gasteiger partial charge in [-0.15, -0.1) is 11.6 Å². The molecule has 1 saturated heterocycles. The highest BCUT2D eigenvalue weighted by Gasteiger charge is 2.45. The molecule has 2 unspecified atom stereocenters. The molecule has 1 heterocycles.